The Labute approximate surface area is 172 Å². The maximum Gasteiger partial charge on any atom is 0.338 e. The average molecular weight is 437 g/mol. The summed E-state index contributed by atoms with van der Waals surface area (Å²) in [7, 11) is -3.58. The van der Waals surface area contributed by atoms with Crippen LogP contribution in [0, 0.1) is 0 Å². The van der Waals surface area contributed by atoms with Gasteiger partial charge in [0.1, 0.15) is 0 Å². The second-order valence-corrected chi connectivity index (χ2v) is 9.31. The summed E-state index contributed by atoms with van der Waals surface area (Å²) in [5.41, 5.74) is 0.111. The van der Waals surface area contributed by atoms with E-state index in [-0.39, 0.29) is 10.5 Å². The van der Waals surface area contributed by atoms with E-state index in [1.165, 1.54) is 39.9 Å². The van der Waals surface area contributed by atoms with Gasteiger partial charge in [-0.15, -0.1) is 11.3 Å². The molecule has 1 aliphatic rings. The summed E-state index contributed by atoms with van der Waals surface area (Å²) in [5.74, 6) is -2.10. The molecule has 2 aromatic rings. The van der Waals surface area contributed by atoms with Crippen molar-refractivity contribution in [1.29, 1.82) is 0 Å². The lowest BCUT2D eigenvalue weighted by atomic mass is 10.2. The number of esters is 1. The van der Waals surface area contributed by atoms with Crippen LogP contribution in [0.4, 0.5) is 0 Å². The average Bonchev–Trinajstić information content (AvgIpc) is 3.28. The van der Waals surface area contributed by atoms with Gasteiger partial charge in [0.05, 0.1) is 15.3 Å². The Morgan fingerprint density at radius 3 is 2.34 bits per heavy atom. The fraction of sp³-hybridized carbons (Fsp3) is 0.316. The molecule has 0 saturated carbocycles. The van der Waals surface area contributed by atoms with Crippen LogP contribution >= 0.6 is 11.3 Å². The summed E-state index contributed by atoms with van der Waals surface area (Å²) in [5, 5.41) is 3.83. The minimum absolute atomic E-state index is 0.107. The number of carbonyl (C=O) groups is 3. The fourth-order valence-electron chi connectivity index (χ4n) is 2.86. The Kier molecular flexibility index (Phi) is 6.78. The molecule has 0 radical (unpaired) electrons. The van der Waals surface area contributed by atoms with Crippen LogP contribution in [-0.2, 0) is 19.6 Å². The minimum Gasteiger partial charge on any atom is -0.452 e. The van der Waals surface area contributed by atoms with E-state index in [4.69, 9.17) is 4.74 Å². The number of hydrogen-bond acceptors (Lipinski definition) is 7. The van der Waals surface area contributed by atoms with Crippen LogP contribution in [0.2, 0.25) is 0 Å². The molecule has 1 fully saturated rings. The van der Waals surface area contributed by atoms with Gasteiger partial charge in [-0.05, 0) is 48.6 Å². The van der Waals surface area contributed by atoms with Crippen molar-refractivity contribution in [2.75, 3.05) is 19.7 Å². The highest BCUT2D eigenvalue weighted by Gasteiger charge is 2.26. The number of benzene rings is 1. The lowest BCUT2D eigenvalue weighted by Gasteiger charge is -2.25. The van der Waals surface area contributed by atoms with Crippen LogP contribution in [-0.4, -0.2) is 50.2 Å². The van der Waals surface area contributed by atoms with Crippen molar-refractivity contribution in [3.05, 3.63) is 52.2 Å². The molecule has 8 nitrogen and oxygen atoms in total. The van der Waals surface area contributed by atoms with Crippen molar-refractivity contribution in [2.45, 2.75) is 24.2 Å². The number of amides is 2. The van der Waals surface area contributed by atoms with Crippen molar-refractivity contribution >= 4 is 39.1 Å². The molecule has 29 heavy (non-hydrogen) atoms. The van der Waals surface area contributed by atoms with Gasteiger partial charge in [0.2, 0.25) is 10.0 Å². The number of nitrogens with zero attached hydrogens (tertiary/aromatic N) is 1. The van der Waals surface area contributed by atoms with Crippen molar-refractivity contribution in [1.82, 2.24) is 9.62 Å². The highest BCUT2D eigenvalue weighted by atomic mass is 32.2. The quantitative estimate of drug-likeness (QED) is 0.694. The van der Waals surface area contributed by atoms with Crippen LogP contribution in [0.3, 0.4) is 0 Å². The highest BCUT2D eigenvalue weighted by Crippen LogP contribution is 2.21. The first-order chi connectivity index (χ1) is 13.9. The SMILES string of the molecule is O=C(COC(=O)c1ccc(S(=O)(=O)N2CCCCC2)cc1)NC(=O)c1cccs1. The summed E-state index contributed by atoms with van der Waals surface area (Å²) >= 11 is 1.18. The van der Waals surface area contributed by atoms with Gasteiger partial charge in [-0.25, -0.2) is 13.2 Å². The van der Waals surface area contributed by atoms with Gasteiger partial charge in [0, 0.05) is 13.1 Å². The van der Waals surface area contributed by atoms with Crippen LogP contribution in [0.15, 0.2) is 46.7 Å². The molecule has 10 heteroatoms. The second kappa shape index (κ2) is 9.29. The first-order valence-electron chi connectivity index (χ1n) is 9.03. The molecule has 1 aromatic carbocycles. The van der Waals surface area contributed by atoms with E-state index >= 15 is 0 Å². The van der Waals surface area contributed by atoms with Crippen molar-refractivity contribution in [3.8, 4) is 0 Å². The Morgan fingerprint density at radius 2 is 1.72 bits per heavy atom. The number of sulfonamides is 1. The molecule has 1 N–H and O–H groups in total. The summed E-state index contributed by atoms with van der Waals surface area (Å²) in [4.78, 5) is 36.1. The van der Waals surface area contributed by atoms with Gasteiger partial charge in [-0.1, -0.05) is 12.5 Å². The molecular formula is C19H20N2O6S2. The van der Waals surface area contributed by atoms with Crippen LogP contribution in [0.5, 0.6) is 0 Å². The van der Waals surface area contributed by atoms with Crippen molar-refractivity contribution in [3.63, 3.8) is 0 Å². The van der Waals surface area contributed by atoms with Crippen LogP contribution in [0.1, 0.15) is 39.3 Å². The monoisotopic (exact) mass is 436 g/mol. The predicted molar refractivity (Wildman–Crippen MR) is 106 cm³/mol. The molecule has 0 atom stereocenters. The number of imide groups is 1. The normalized spacial score (nSPS) is 14.9. The summed E-state index contributed by atoms with van der Waals surface area (Å²) < 4.78 is 31.6. The third kappa shape index (κ3) is 5.28. The van der Waals surface area contributed by atoms with E-state index in [0.717, 1.165) is 19.3 Å². The fourth-order valence-corrected chi connectivity index (χ4v) is 5.00. The molecule has 0 bridgehead atoms. The zero-order valence-electron chi connectivity index (χ0n) is 15.5. The lowest BCUT2D eigenvalue weighted by molar-refractivity contribution is -0.123. The van der Waals surface area contributed by atoms with E-state index in [0.29, 0.717) is 18.0 Å². The number of carbonyl (C=O) groups excluding carboxylic acids is 3. The Hall–Kier alpha value is -2.56. The molecular weight excluding hydrogens is 416 g/mol. The Bertz CT molecular complexity index is 978. The molecule has 1 aromatic heterocycles. The first kappa shape index (κ1) is 21.2. The number of nitrogens with one attached hydrogen (secondary N) is 1. The largest absolute Gasteiger partial charge is 0.452 e. The number of thiophene rings is 1. The molecule has 0 spiro atoms. The maximum atomic E-state index is 12.6. The minimum atomic E-state index is -3.58. The van der Waals surface area contributed by atoms with Gasteiger partial charge < -0.3 is 4.74 Å². The number of rotatable bonds is 6. The summed E-state index contributed by atoms with van der Waals surface area (Å²) in [6.45, 7) is 0.362. The summed E-state index contributed by atoms with van der Waals surface area (Å²) in [6, 6.07) is 8.63. The summed E-state index contributed by atoms with van der Waals surface area (Å²) in [6.07, 6.45) is 2.69. The van der Waals surface area contributed by atoms with Gasteiger partial charge >= 0.3 is 5.97 Å². The zero-order chi connectivity index (χ0) is 20.9. The van der Waals surface area contributed by atoms with Crippen LogP contribution in [0.25, 0.3) is 0 Å². The molecule has 2 heterocycles. The molecule has 0 aliphatic carbocycles. The van der Waals surface area contributed by atoms with Gasteiger partial charge in [0.15, 0.2) is 6.61 Å². The predicted octanol–water partition coefficient (Wildman–Crippen LogP) is 2.04. The lowest BCUT2D eigenvalue weighted by Crippen LogP contribution is -2.35. The van der Waals surface area contributed by atoms with E-state index in [1.54, 1.807) is 17.5 Å². The Balaban J connectivity index is 1.55. The van der Waals surface area contributed by atoms with Crippen molar-refractivity contribution < 1.29 is 27.5 Å². The zero-order valence-corrected chi connectivity index (χ0v) is 17.1. The number of hydrogen-bond donors (Lipinski definition) is 1. The van der Waals surface area contributed by atoms with E-state index in [9.17, 15) is 22.8 Å². The topological polar surface area (TPSA) is 110 Å². The van der Waals surface area contributed by atoms with Crippen LogP contribution < -0.4 is 5.32 Å². The highest BCUT2D eigenvalue weighted by molar-refractivity contribution is 7.89. The molecule has 2 amide bonds. The first-order valence-corrected chi connectivity index (χ1v) is 11.3. The molecule has 1 saturated heterocycles. The number of ether oxygens (including phenoxy) is 1. The third-order valence-electron chi connectivity index (χ3n) is 4.38. The van der Waals surface area contributed by atoms with Gasteiger partial charge in [0.25, 0.3) is 11.8 Å². The van der Waals surface area contributed by atoms with E-state index in [1.807, 2.05) is 0 Å². The molecule has 0 unspecified atom stereocenters. The maximum absolute atomic E-state index is 12.6. The standard InChI is InChI=1S/C19H20N2O6S2/c22-17(20-18(23)16-5-4-12-28-16)13-27-19(24)14-6-8-15(9-7-14)29(25,26)21-10-2-1-3-11-21/h4-9,12H,1-3,10-11,13H2,(H,20,22,23). The van der Waals surface area contributed by atoms with Crippen molar-refractivity contribution in [2.24, 2.45) is 0 Å². The second-order valence-electron chi connectivity index (χ2n) is 6.42. The third-order valence-corrected chi connectivity index (χ3v) is 7.16. The molecule has 3 rings (SSSR count). The van der Waals surface area contributed by atoms with E-state index < -0.39 is 34.4 Å². The smallest absolute Gasteiger partial charge is 0.338 e. The molecule has 154 valence electrons. The van der Waals surface area contributed by atoms with Gasteiger partial charge in [-0.3, -0.25) is 14.9 Å². The Morgan fingerprint density at radius 1 is 1.03 bits per heavy atom. The van der Waals surface area contributed by atoms with Gasteiger partial charge in [-0.2, -0.15) is 4.31 Å². The number of piperidine rings is 1. The van der Waals surface area contributed by atoms with E-state index in [2.05, 4.69) is 5.32 Å². The molecule has 1 aliphatic heterocycles.